The van der Waals surface area contributed by atoms with Crippen molar-refractivity contribution >= 4 is 22.8 Å². The minimum Gasteiger partial charge on any atom is -0.337 e. The summed E-state index contributed by atoms with van der Waals surface area (Å²) in [7, 11) is 0. The molecule has 1 saturated heterocycles. The Morgan fingerprint density at radius 3 is 2.88 bits per heavy atom. The quantitative estimate of drug-likeness (QED) is 0.797. The van der Waals surface area contributed by atoms with Crippen LogP contribution < -0.4 is 0 Å². The smallest absolute Gasteiger partial charge is 0.224 e. The normalized spacial score (nSPS) is 19.7. The summed E-state index contributed by atoms with van der Waals surface area (Å²) in [4.78, 5) is 32.3. The minimum atomic E-state index is 0.0627. The minimum absolute atomic E-state index is 0.0627. The van der Waals surface area contributed by atoms with Gasteiger partial charge in [-0.15, -0.1) is 0 Å². The van der Waals surface area contributed by atoms with Gasteiger partial charge >= 0.3 is 0 Å². The molecule has 90 valence electrons. The molecule has 1 atom stereocenters. The van der Waals surface area contributed by atoms with Gasteiger partial charge in [-0.2, -0.15) is 0 Å². The second-order valence-electron chi connectivity index (χ2n) is 3.96. The van der Waals surface area contributed by atoms with Crippen LogP contribution in [0.1, 0.15) is 18.9 Å². The van der Waals surface area contributed by atoms with E-state index in [2.05, 4.69) is 9.97 Å². The molecular formula is C11H13N3O2S. The van der Waals surface area contributed by atoms with E-state index in [4.69, 9.17) is 0 Å². The van der Waals surface area contributed by atoms with Gasteiger partial charge in [-0.1, -0.05) is 11.8 Å². The maximum atomic E-state index is 11.7. The molecule has 1 aliphatic heterocycles. The van der Waals surface area contributed by atoms with Crippen LogP contribution in [0.5, 0.6) is 0 Å². The van der Waals surface area contributed by atoms with Crippen LogP contribution in [0.15, 0.2) is 18.7 Å². The number of hydrogen-bond acceptors (Lipinski definition) is 5. The number of rotatable bonds is 3. The number of carbonyl (C=O) groups excluding carboxylic acids is 2. The number of thioether (sulfide) groups is 1. The van der Waals surface area contributed by atoms with Gasteiger partial charge in [0.1, 0.15) is 6.33 Å². The lowest BCUT2D eigenvalue weighted by Crippen LogP contribution is -2.25. The molecule has 0 saturated carbocycles. The monoisotopic (exact) mass is 251 g/mol. The van der Waals surface area contributed by atoms with Crippen LogP contribution in [0.2, 0.25) is 0 Å². The Bertz CT molecular complexity index is 424. The van der Waals surface area contributed by atoms with E-state index in [1.807, 2.05) is 0 Å². The van der Waals surface area contributed by atoms with Crippen molar-refractivity contribution in [3.63, 3.8) is 0 Å². The first-order valence-corrected chi connectivity index (χ1v) is 6.22. The summed E-state index contributed by atoms with van der Waals surface area (Å²) in [6, 6.07) is 0. The molecule has 5 nitrogen and oxygen atoms in total. The summed E-state index contributed by atoms with van der Waals surface area (Å²) in [5.41, 5.74) is 0.911. The predicted octanol–water partition coefficient (Wildman–Crippen LogP) is 0.857. The highest BCUT2D eigenvalue weighted by Crippen LogP contribution is 2.25. The van der Waals surface area contributed by atoms with Gasteiger partial charge in [-0.05, 0) is 0 Å². The first-order valence-electron chi connectivity index (χ1n) is 5.34. The number of carbonyl (C=O) groups is 2. The summed E-state index contributed by atoms with van der Waals surface area (Å²) in [5.74, 6) is 0.0904. The van der Waals surface area contributed by atoms with Crippen LogP contribution in [0.4, 0.5) is 0 Å². The van der Waals surface area contributed by atoms with Gasteiger partial charge in [0.05, 0.1) is 0 Å². The average Bonchev–Trinajstić information content (AvgIpc) is 2.59. The van der Waals surface area contributed by atoms with Gasteiger partial charge in [0.2, 0.25) is 5.91 Å². The second-order valence-corrected chi connectivity index (χ2v) is 5.43. The van der Waals surface area contributed by atoms with Gasteiger partial charge < -0.3 is 4.90 Å². The molecule has 0 aromatic carbocycles. The van der Waals surface area contributed by atoms with Crippen LogP contribution in [0, 0.1) is 0 Å². The van der Waals surface area contributed by atoms with Crippen LogP contribution in [-0.4, -0.2) is 37.7 Å². The molecule has 1 unspecified atom stereocenters. The lowest BCUT2D eigenvalue weighted by molar-refractivity contribution is -0.128. The Labute approximate surface area is 104 Å². The molecule has 1 amide bonds. The zero-order valence-corrected chi connectivity index (χ0v) is 10.3. The fraction of sp³-hybridized carbons (Fsp3) is 0.455. The van der Waals surface area contributed by atoms with Gasteiger partial charge in [0.15, 0.2) is 5.12 Å². The second kappa shape index (κ2) is 5.27. The Kier molecular flexibility index (Phi) is 3.73. The summed E-state index contributed by atoms with van der Waals surface area (Å²) in [6.07, 6.45) is 5.30. The molecule has 1 aromatic heterocycles. The number of hydrogen-bond donors (Lipinski definition) is 0. The Morgan fingerprint density at radius 1 is 1.53 bits per heavy atom. The van der Waals surface area contributed by atoms with E-state index >= 15 is 0 Å². The maximum Gasteiger partial charge on any atom is 0.224 e. The molecule has 1 aliphatic rings. The number of likely N-dealkylation sites (tertiary alicyclic amines) is 1. The van der Waals surface area contributed by atoms with Crippen molar-refractivity contribution in [3.8, 4) is 0 Å². The van der Waals surface area contributed by atoms with Gasteiger partial charge in [-0.3, -0.25) is 9.59 Å². The number of aromatic nitrogens is 2. The SMILES string of the molecule is CC(=O)SC1CC(=O)N(Cc2cncnc2)C1. The lowest BCUT2D eigenvalue weighted by Gasteiger charge is -2.15. The molecule has 17 heavy (non-hydrogen) atoms. The Morgan fingerprint density at radius 2 is 2.24 bits per heavy atom. The van der Waals surface area contributed by atoms with E-state index in [0.717, 1.165) is 5.56 Å². The van der Waals surface area contributed by atoms with Crippen LogP contribution in [0.3, 0.4) is 0 Å². The van der Waals surface area contributed by atoms with Gasteiger partial charge in [0, 0.05) is 49.6 Å². The van der Waals surface area contributed by atoms with Crippen molar-refractivity contribution in [3.05, 3.63) is 24.3 Å². The van der Waals surface area contributed by atoms with Gasteiger partial charge in [0.25, 0.3) is 0 Å². The molecule has 0 aliphatic carbocycles. The Balaban J connectivity index is 1.95. The molecule has 6 heteroatoms. The van der Waals surface area contributed by atoms with E-state index < -0.39 is 0 Å². The van der Waals surface area contributed by atoms with Crippen molar-refractivity contribution in [2.24, 2.45) is 0 Å². The first-order chi connectivity index (χ1) is 8.15. The first kappa shape index (κ1) is 12.0. The van der Waals surface area contributed by atoms with E-state index in [-0.39, 0.29) is 16.3 Å². The number of amides is 1. The fourth-order valence-electron chi connectivity index (χ4n) is 1.83. The van der Waals surface area contributed by atoms with Crippen molar-refractivity contribution in [2.75, 3.05) is 6.54 Å². The molecule has 2 rings (SSSR count). The van der Waals surface area contributed by atoms with E-state index in [0.29, 0.717) is 19.5 Å². The third-order valence-electron chi connectivity index (χ3n) is 2.50. The highest BCUT2D eigenvalue weighted by atomic mass is 32.2. The van der Waals surface area contributed by atoms with E-state index in [9.17, 15) is 9.59 Å². The van der Waals surface area contributed by atoms with Crippen LogP contribution in [-0.2, 0) is 16.1 Å². The topological polar surface area (TPSA) is 63.2 Å². The summed E-state index contributed by atoms with van der Waals surface area (Å²) >= 11 is 1.25. The number of nitrogens with zero attached hydrogens (tertiary/aromatic N) is 3. The largest absolute Gasteiger partial charge is 0.337 e. The summed E-state index contributed by atoms with van der Waals surface area (Å²) in [5, 5.41) is 0.150. The standard InChI is InChI=1S/C11H13N3O2S/c1-8(15)17-10-2-11(16)14(6-10)5-9-3-12-7-13-4-9/h3-4,7,10H,2,5-6H2,1H3. The van der Waals surface area contributed by atoms with Crippen LogP contribution in [0.25, 0.3) is 0 Å². The van der Waals surface area contributed by atoms with Crippen molar-refractivity contribution in [2.45, 2.75) is 25.1 Å². The summed E-state index contributed by atoms with van der Waals surface area (Å²) in [6.45, 7) is 2.68. The zero-order chi connectivity index (χ0) is 12.3. The molecule has 2 heterocycles. The molecule has 0 spiro atoms. The van der Waals surface area contributed by atoms with Crippen molar-refractivity contribution in [1.29, 1.82) is 0 Å². The molecule has 1 aromatic rings. The summed E-state index contributed by atoms with van der Waals surface area (Å²) < 4.78 is 0. The highest BCUT2D eigenvalue weighted by molar-refractivity contribution is 8.14. The zero-order valence-electron chi connectivity index (χ0n) is 9.50. The molecule has 0 radical (unpaired) electrons. The predicted molar refractivity (Wildman–Crippen MR) is 64.1 cm³/mol. The molecule has 0 N–H and O–H groups in total. The molecule has 1 fully saturated rings. The van der Waals surface area contributed by atoms with Crippen LogP contribution >= 0.6 is 11.8 Å². The third kappa shape index (κ3) is 3.26. The highest BCUT2D eigenvalue weighted by Gasteiger charge is 2.30. The average molecular weight is 251 g/mol. The van der Waals surface area contributed by atoms with Gasteiger partial charge in [-0.25, -0.2) is 9.97 Å². The molecular weight excluding hydrogens is 238 g/mol. The molecule has 0 bridgehead atoms. The van der Waals surface area contributed by atoms with E-state index in [1.54, 1.807) is 17.3 Å². The van der Waals surface area contributed by atoms with E-state index in [1.165, 1.54) is 25.0 Å². The third-order valence-corrected chi connectivity index (χ3v) is 3.48. The van der Waals surface area contributed by atoms with Crippen molar-refractivity contribution < 1.29 is 9.59 Å². The maximum absolute atomic E-state index is 11.7. The lowest BCUT2D eigenvalue weighted by atomic mass is 10.3. The Hall–Kier alpha value is -1.43. The van der Waals surface area contributed by atoms with Crippen molar-refractivity contribution in [1.82, 2.24) is 14.9 Å². The fourth-order valence-corrected chi connectivity index (χ4v) is 2.78.